The van der Waals surface area contributed by atoms with Gasteiger partial charge in [0.05, 0.1) is 5.69 Å². The number of carbonyl (C=O) groups is 1. The lowest BCUT2D eigenvalue weighted by molar-refractivity contribution is -0.117. The van der Waals surface area contributed by atoms with Gasteiger partial charge in [-0.15, -0.1) is 11.3 Å². The van der Waals surface area contributed by atoms with Gasteiger partial charge in [-0.05, 0) is 32.9 Å². The highest BCUT2D eigenvalue weighted by molar-refractivity contribution is 7.15. The molecule has 0 unspecified atom stereocenters. The summed E-state index contributed by atoms with van der Waals surface area (Å²) >= 11 is 1.54. The maximum absolute atomic E-state index is 11.6. The molecule has 0 saturated carbocycles. The SMILES string of the molecule is Cc1nc(NC(=O)CC2CNC2)sc1C. The summed E-state index contributed by atoms with van der Waals surface area (Å²) in [4.78, 5) is 17.0. The van der Waals surface area contributed by atoms with Crippen LogP contribution in [-0.2, 0) is 4.79 Å². The van der Waals surface area contributed by atoms with Crippen molar-refractivity contribution < 1.29 is 4.79 Å². The zero-order valence-corrected chi connectivity index (χ0v) is 9.78. The number of nitrogens with zero attached hydrogens (tertiary/aromatic N) is 1. The summed E-state index contributed by atoms with van der Waals surface area (Å²) < 4.78 is 0. The van der Waals surface area contributed by atoms with E-state index in [0.29, 0.717) is 12.3 Å². The molecule has 1 amide bonds. The molecule has 1 aromatic rings. The summed E-state index contributed by atoms with van der Waals surface area (Å²) in [5.74, 6) is 0.586. The van der Waals surface area contributed by atoms with Gasteiger partial charge in [-0.25, -0.2) is 4.98 Å². The molecule has 1 fully saturated rings. The zero-order chi connectivity index (χ0) is 10.8. The minimum atomic E-state index is 0.0789. The minimum Gasteiger partial charge on any atom is -0.316 e. The Hall–Kier alpha value is -0.940. The van der Waals surface area contributed by atoms with Crippen LogP contribution in [0.5, 0.6) is 0 Å². The molecule has 0 radical (unpaired) electrons. The molecule has 1 aliphatic rings. The second kappa shape index (κ2) is 4.28. The molecule has 0 atom stereocenters. The standard InChI is InChI=1S/C10H15N3OS/c1-6-7(2)15-10(12-6)13-9(14)3-8-4-11-5-8/h8,11H,3-5H2,1-2H3,(H,12,13,14). The summed E-state index contributed by atoms with van der Waals surface area (Å²) in [6.07, 6.45) is 0.602. The first kappa shape index (κ1) is 10.6. The van der Waals surface area contributed by atoms with E-state index < -0.39 is 0 Å². The lowest BCUT2D eigenvalue weighted by Crippen LogP contribution is -2.43. The van der Waals surface area contributed by atoms with Crippen LogP contribution < -0.4 is 10.6 Å². The van der Waals surface area contributed by atoms with E-state index in [1.165, 1.54) is 11.3 Å². The molecule has 2 rings (SSSR count). The first-order valence-electron chi connectivity index (χ1n) is 5.09. The molecule has 0 aliphatic carbocycles. The lowest BCUT2D eigenvalue weighted by atomic mass is 9.99. The Kier molecular flexibility index (Phi) is 3.02. The van der Waals surface area contributed by atoms with E-state index in [1.807, 2.05) is 13.8 Å². The van der Waals surface area contributed by atoms with Gasteiger partial charge in [0.15, 0.2) is 5.13 Å². The number of thiazole rings is 1. The third-order valence-electron chi connectivity index (χ3n) is 2.61. The highest BCUT2D eigenvalue weighted by Crippen LogP contribution is 2.21. The van der Waals surface area contributed by atoms with Crippen molar-refractivity contribution in [3.63, 3.8) is 0 Å². The van der Waals surface area contributed by atoms with Crippen molar-refractivity contribution in [1.29, 1.82) is 0 Å². The number of hydrogen-bond donors (Lipinski definition) is 2. The van der Waals surface area contributed by atoms with Crippen LogP contribution in [0.4, 0.5) is 5.13 Å². The average molecular weight is 225 g/mol. The van der Waals surface area contributed by atoms with E-state index in [9.17, 15) is 4.79 Å². The molecule has 1 aromatic heterocycles. The van der Waals surface area contributed by atoms with Crippen molar-refractivity contribution in [3.8, 4) is 0 Å². The molecule has 1 aliphatic heterocycles. The Balaban J connectivity index is 1.87. The van der Waals surface area contributed by atoms with Crippen LogP contribution in [0.1, 0.15) is 17.0 Å². The van der Waals surface area contributed by atoms with E-state index in [1.54, 1.807) is 0 Å². The molecule has 0 bridgehead atoms. The molecule has 5 heteroatoms. The molecule has 4 nitrogen and oxygen atoms in total. The summed E-state index contributed by atoms with van der Waals surface area (Å²) in [5, 5.41) is 6.72. The Morgan fingerprint density at radius 1 is 1.60 bits per heavy atom. The van der Waals surface area contributed by atoms with E-state index in [-0.39, 0.29) is 5.91 Å². The van der Waals surface area contributed by atoms with Crippen LogP contribution in [0.3, 0.4) is 0 Å². The third-order valence-corrected chi connectivity index (χ3v) is 3.60. The Morgan fingerprint density at radius 3 is 2.80 bits per heavy atom. The van der Waals surface area contributed by atoms with E-state index in [2.05, 4.69) is 15.6 Å². The van der Waals surface area contributed by atoms with Crippen molar-refractivity contribution >= 4 is 22.4 Å². The highest BCUT2D eigenvalue weighted by Gasteiger charge is 2.20. The fourth-order valence-electron chi connectivity index (χ4n) is 1.45. The second-order valence-corrected chi connectivity index (χ2v) is 5.14. The number of anilines is 1. The highest BCUT2D eigenvalue weighted by atomic mass is 32.1. The van der Waals surface area contributed by atoms with Gasteiger partial charge in [0.2, 0.25) is 5.91 Å². The van der Waals surface area contributed by atoms with Crippen molar-refractivity contribution in [2.24, 2.45) is 5.92 Å². The van der Waals surface area contributed by atoms with Gasteiger partial charge in [0.1, 0.15) is 0 Å². The molecule has 1 saturated heterocycles. The number of nitrogens with one attached hydrogen (secondary N) is 2. The topological polar surface area (TPSA) is 54.0 Å². The normalized spacial score (nSPS) is 16.1. The predicted molar refractivity (Wildman–Crippen MR) is 61.2 cm³/mol. The van der Waals surface area contributed by atoms with Crippen molar-refractivity contribution in [2.75, 3.05) is 18.4 Å². The van der Waals surface area contributed by atoms with Gasteiger partial charge < -0.3 is 10.6 Å². The number of carbonyl (C=O) groups excluding carboxylic acids is 1. The van der Waals surface area contributed by atoms with Gasteiger partial charge in [0.25, 0.3) is 0 Å². The van der Waals surface area contributed by atoms with E-state index >= 15 is 0 Å². The maximum atomic E-state index is 11.6. The fourth-order valence-corrected chi connectivity index (χ4v) is 2.28. The molecular formula is C10H15N3OS. The second-order valence-electron chi connectivity index (χ2n) is 3.94. The largest absolute Gasteiger partial charge is 0.316 e. The number of amides is 1. The van der Waals surface area contributed by atoms with Gasteiger partial charge in [-0.1, -0.05) is 0 Å². The first-order valence-corrected chi connectivity index (χ1v) is 5.91. The number of hydrogen-bond acceptors (Lipinski definition) is 4. The molecular weight excluding hydrogens is 210 g/mol. The van der Waals surface area contributed by atoms with E-state index in [0.717, 1.165) is 28.8 Å². The molecule has 2 heterocycles. The molecule has 2 N–H and O–H groups in total. The first-order chi connectivity index (χ1) is 7.15. The third kappa shape index (κ3) is 2.54. The van der Waals surface area contributed by atoms with Crippen LogP contribution in [0.2, 0.25) is 0 Å². The molecule has 0 spiro atoms. The number of rotatable bonds is 3. The molecule has 0 aromatic carbocycles. The number of aromatic nitrogens is 1. The fraction of sp³-hybridized carbons (Fsp3) is 0.600. The minimum absolute atomic E-state index is 0.0789. The Morgan fingerprint density at radius 2 is 2.33 bits per heavy atom. The van der Waals surface area contributed by atoms with Crippen molar-refractivity contribution in [3.05, 3.63) is 10.6 Å². The summed E-state index contributed by atoms with van der Waals surface area (Å²) in [5.41, 5.74) is 1.00. The maximum Gasteiger partial charge on any atom is 0.226 e. The quantitative estimate of drug-likeness (QED) is 0.815. The van der Waals surface area contributed by atoms with Gasteiger partial charge in [-0.3, -0.25) is 4.79 Å². The molecule has 82 valence electrons. The average Bonchev–Trinajstić information content (AvgIpc) is 2.39. The summed E-state index contributed by atoms with van der Waals surface area (Å²) in [7, 11) is 0. The van der Waals surface area contributed by atoms with Crippen LogP contribution in [0.25, 0.3) is 0 Å². The van der Waals surface area contributed by atoms with Crippen LogP contribution >= 0.6 is 11.3 Å². The van der Waals surface area contributed by atoms with Gasteiger partial charge in [0, 0.05) is 11.3 Å². The monoisotopic (exact) mass is 225 g/mol. The van der Waals surface area contributed by atoms with Crippen LogP contribution in [0, 0.1) is 19.8 Å². The van der Waals surface area contributed by atoms with Gasteiger partial charge >= 0.3 is 0 Å². The number of aryl methyl sites for hydroxylation is 2. The summed E-state index contributed by atoms with van der Waals surface area (Å²) in [6, 6.07) is 0. The Labute approximate surface area is 93.1 Å². The van der Waals surface area contributed by atoms with Gasteiger partial charge in [-0.2, -0.15) is 0 Å². The van der Waals surface area contributed by atoms with Crippen LogP contribution in [0.15, 0.2) is 0 Å². The lowest BCUT2D eigenvalue weighted by Gasteiger charge is -2.26. The predicted octanol–water partition coefficient (Wildman–Crippen LogP) is 1.31. The molecule has 15 heavy (non-hydrogen) atoms. The van der Waals surface area contributed by atoms with Crippen molar-refractivity contribution in [2.45, 2.75) is 20.3 Å². The zero-order valence-electron chi connectivity index (χ0n) is 8.96. The van der Waals surface area contributed by atoms with Crippen LogP contribution in [-0.4, -0.2) is 24.0 Å². The Bertz CT molecular complexity index is 351. The summed E-state index contributed by atoms with van der Waals surface area (Å²) in [6.45, 7) is 5.89. The smallest absolute Gasteiger partial charge is 0.226 e. The van der Waals surface area contributed by atoms with Crippen molar-refractivity contribution in [1.82, 2.24) is 10.3 Å². The van der Waals surface area contributed by atoms with E-state index in [4.69, 9.17) is 0 Å².